The zero-order valence-corrected chi connectivity index (χ0v) is 23.2. The van der Waals surface area contributed by atoms with E-state index in [1.165, 1.54) is 18.4 Å². The normalized spacial score (nSPS) is 42.7. The first-order valence-electron chi connectivity index (χ1n) is 14.1. The van der Waals surface area contributed by atoms with Crippen molar-refractivity contribution in [2.75, 3.05) is 6.54 Å². The lowest BCUT2D eigenvalue weighted by Crippen LogP contribution is -2.69. The third-order valence-electron chi connectivity index (χ3n) is 10.8. The first-order valence-corrected chi connectivity index (χ1v) is 14.5. The van der Waals surface area contributed by atoms with Crippen molar-refractivity contribution in [3.63, 3.8) is 0 Å². The van der Waals surface area contributed by atoms with E-state index in [2.05, 4.69) is 51.3 Å². The molecule has 9 unspecified atom stereocenters. The summed E-state index contributed by atoms with van der Waals surface area (Å²) in [5, 5.41) is 6.55. The fourth-order valence-electron chi connectivity index (χ4n) is 9.52. The summed E-state index contributed by atoms with van der Waals surface area (Å²) in [6, 6.07) is 0. The van der Waals surface area contributed by atoms with Gasteiger partial charge < -0.3 is 15.4 Å². The average Bonchev–Trinajstić information content (AvgIpc) is 3.14. The largest absolute Gasteiger partial charge is 0.393 e. The molecular weight excluding hydrogens is 472 g/mol. The molecule has 0 radical (unpaired) electrons. The van der Waals surface area contributed by atoms with E-state index in [-0.39, 0.29) is 29.1 Å². The molecule has 6 rings (SSSR count). The van der Waals surface area contributed by atoms with Crippen LogP contribution < -0.4 is 10.6 Å². The number of nitrogens with one attached hydrogen (secondary N) is 2. The summed E-state index contributed by atoms with van der Waals surface area (Å²) in [6.07, 6.45) is 9.30. The summed E-state index contributed by atoms with van der Waals surface area (Å²) in [6.45, 7) is 11.9. The molecule has 3 saturated carbocycles. The number of hydrogen-bond donors (Lipinski definition) is 2. The highest BCUT2D eigenvalue weighted by atomic mass is 32.1. The molecule has 0 aromatic carbocycles. The van der Waals surface area contributed by atoms with Crippen LogP contribution in [0.2, 0.25) is 0 Å². The number of thiocarbonyl (C=S) groups is 1. The van der Waals surface area contributed by atoms with Gasteiger partial charge in [0.25, 0.3) is 0 Å². The molecule has 198 valence electrons. The molecule has 0 aromatic rings. The van der Waals surface area contributed by atoms with Crippen molar-refractivity contribution in [2.45, 2.75) is 79.6 Å². The van der Waals surface area contributed by atoms with E-state index in [1.54, 1.807) is 0 Å². The Kier molecular flexibility index (Phi) is 6.62. The number of unbranched alkanes of at least 4 members (excludes halogenated alkanes) is 1. The summed E-state index contributed by atoms with van der Waals surface area (Å²) in [5.41, 5.74) is 0.514. The number of carbonyl (C=O) groups excluding carboxylic acids is 3. The van der Waals surface area contributed by atoms with Crippen molar-refractivity contribution < 1.29 is 19.1 Å². The second-order valence-electron chi connectivity index (χ2n) is 12.8. The van der Waals surface area contributed by atoms with Crippen LogP contribution in [0.4, 0.5) is 0 Å². The van der Waals surface area contributed by atoms with Crippen LogP contribution in [0.25, 0.3) is 0 Å². The number of amides is 1. The molecule has 1 aliphatic heterocycles. The second kappa shape index (κ2) is 9.21. The fourth-order valence-corrected chi connectivity index (χ4v) is 9.73. The van der Waals surface area contributed by atoms with Gasteiger partial charge in [0.1, 0.15) is 0 Å². The predicted molar refractivity (Wildman–Crippen MR) is 141 cm³/mol. The molecule has 7 heteroatoms. The van der Waals surface area contributed by atoms with Gasteiger partial charge in [-0.1, -0.05) is 65.5 Å². The predicted octanol–water partition coefficient (Wildman–Crippen LogP) is 4.77. The number of carbonyl (C=O) groups is 3. The minimum Gasteiger partial charge on any atom is -0.393 e. The third kappa shape index (κ3) is 3.54. The lowest BCUT2D eigenvalue weighted by molar-refractivity contribution is -0.197. The highest BCUT2D eigenvalue weighted by Crippen LogP contribution is 2.75. The van der Waals surface area contributed by atoms with E-state index in [0.717, 1.165) is 38.6 Å². The van der Waals surface area contributed by atoms with E-state index in [0.29, 0.717) is 16.9 Å². The van der Waals surface area contributed by atoms with Crippen LogP contribution >= 0.6 is 12.2 Å². The van der Waals surface area contributed by atoms with Gasteiger partial charge in [0.05, 0.1) is 11.8 Å². The zero-order chi connectivity index (χ0) is 26.0. The summed E-state index contributed by atoms with van der Waals surface area (Å²) in [4.78, 5) is 40.7. The van der Waals surface area contributed by atoms with E-state index >= 15 is 0 Å². The Bertz CT molecular complexity index is 1010. The van der Waals surface area contributed by atoms with E-state index < -0.39 is 35.1 Å². The molecule has 1 amide bonds. The molecule has 2 bridgehead atoms. The highest BCUT2D eigenvalue weighted by molar-refractivity contribution is 7.80. The number of rotatable bonds is 5. The molecule has 9 atom stereocenters. The Labute approximate surface area is 220 Å². The molecule has 0 aromatic heterocycles. The number of hydrogen-bond acceptors (Lipinski definition) is 5. The van der Waals surface area contributed by atoms with E-state index in [9.17, 15) is 14.4 Å². The Morgan fingerprint density at radius 3 is 2.69 bits per heavy atom. The first kappa shape index (κ1) is 25.9. The van der Waals surface area contributed by atoms with Gasteiger partial charge in [-0.05, 0) is 72.9 Å². The smallest absolute Gasteiger partial charge is 0.318 e. The van der Waals surface area contributed by atoms with Crippen molar-refractivity contribution in [3.05, 3.63) is 11.6 Å². The minimum absolute atomic E-state index is 0.00605. The van der Waals surface area contributed by atoms with Crippen LogP contribution in [0.1, 0.15) is 79.6 Å². The topological polar surface area (TPSA) is 84.5 Å². The van der Waals surface area contributed by atoms with Gasteiger partial charge in [-0.3, -0.25) is 14.4 Å². The lowest BCUT2D eigenvalue weighted by atomic mass is 9.32. The number of esters is 2. The van der Waals surface area contributed by atoms with Gasteiger partial charge in [-0.15, -0.1) is 0 Å². The Morgan fingerprint density at radius 1 is 1.25 bits per heavy atom. The van der Waals surface area contributed by atoms with Crippen molar-refractivity contribution in [2.24, 2.45) is 58.2 Å². The molecule has 2 N–H and O–H groups in total. The highest BCUT2D eigenvalue weighted by Gasteiger charge is 2.76. The molecule has 36 heavy (non-hydrogen) atoms. The van der Waals surface area contributed by atoms with Crippen LogP contribution in [0, 0.1) is 58.2 Å². The maximum absolute atomic E-state index is 14.2. The number of fused-ring (bicyclic) bond motifs is 1. The van der Waals surface area contributed by atoms with Gasteiger partial charge >= 0.3 is 11.9 Å². The van der Waals surface area contributed by atoms with Crippen molar-refractivity contribution in [1.29, 1.82) is 0 Å². The van der Waals surface area contributed by atoms with E-state index in [4.69, 9.17) is 17.0 Å². The van der Waals surface area contributed by atoms with Gasteiger partial charge in [-0.25, -0.2) is 0 Å². The number of ether oxygens (including phenoxy) is 1. The summed E-state index contributed by atoms with van der Waals surface area (Å²) in [5.74, 6) is -1.13. The summed E-state index contributed by atoms with van der Waals surface area (Å²) in [7, 11) is 0. The summed E-state index contributed by atoms with van der Waals surface area (Å²) >= 11 is 5.52. The Balaban J connectivity index is 1.64. The fraction of sp³-hybridized carbons (Fsp3) is 0.793. The van der Waals surface area contributed by atoms with Crippen molar-refractivity contribution >= 4 is 35.2 Å². The van der Waals surface area contributed by atoms with Gasteiger partial charge in [0, 0.05) is 17.9 Å². The Morgan fingerprint density at radius 2 is 2.00 bits per heavy atom. The second-order valence-corrected chi connectivity index (χ2v) is 13.2. The number of cyclic esters (lactones) is 2. The maximum Gasteiger partial charge on any atom is 0.318 e. The van der Waals surface area contributed by atoms with Crippen LogP contribution in [0.15, 0.2) is 11.6 Å². The average molecular weight is 515 g/mol. The van der Waals surface area contributed by atoms with Crippen LogP contribution in [-0.4, -0.2) is 29.5 Å². The van der Waals surface area contributed by atoms with Crippen LogP contribution in [0.5, 0.6) is 0 Å². The quantitative estimate of drug-likeness (QED) is 0.181. The summed E-state index contributed by atoms with van der Waals surface area (Å²) < 4.78 is 5.34. The van der Waals surface area contributed by atoms with Gasteiger partial charge in [0.15, 0.2) is 5.11 Å². The molecule has 5 aliphatic carbocycles. The van der Waals surface area contributed by atoms with Crippen LogP contribution in [0.3, 0.4) is 0 Å². The van der Waals surface area contributed by atoms with Gasteiger partial charge in [0.2, 0.25) is 5.91 Å². The van der Waals surface area contributed by atoms with Crippen molar-refractivity contribution in [1.82, 2.24) is 10.6 Å². The third-order valence-corrected chi connectivity index (χ3v) is 11.0. The SMILES string of the molecule is CCCCNC(=S)NC(=O)C1CC2C(C)CCCC2(C)C2CC3C=C(C(C)C)C12C1C(=O)OC(=O)C31. The monoisotopic (exact) mass is 514 g/mol. The standard InChI is InChI=1S/C29H42N2O4S/c1-6-7-11-30-27(36)31-24(32)20-14-19-16(4)9-8-10-28(19,5)21-13-17-12-18(15(2)3)29(20,21)23-22(17)25(33)35-26(23)34/h12,15-17,19-23H,6-11,13-14H2,1-5H3,(H2,30,31,32,36). The van der Waals surface area contributed by atoms with Crippen molar-refractivity contribution in [3.8, 4) is 0 Å². The molecule has 1 saturated heterocycles. The Hall–Kier alpha value is -1.76. The number of allylic oxidation sites excluding steroid dienone is 2. The van der Waals surface area contributed by atoms with Gasteiger partial charge in [-0.2, -0.15) is 0 Å². The van der Waals surface area contributed by atoms with Crippen LogP contribution in [-0.2, 0) is 19.1 Å². The molecule has 6 aliphatic rings. The lowest BCUT2D eigenvalue weighted by Gasteiger charge is -2.70. The minimum atomic E-state index is -0.706. The maximum atomic E-state index is 14.2. The molecule has 1 spiro atoms. The molecular formula is C29H42N2O4S. The molecule has 1 heterocycles. The molecule has 6 nitrogen and oxygen atoms in total. The molecule has 4 fully saturated rings. The first-order chi connectivity index (χ1) is 17.1. The van der Waals surface area contributed by atoms with E-state index in [1.807, 2.05) is 0 Å². The zero-order valence-electron chi connectivity index (χ0n) is 22.4.